The van der Waals surface area contributed by atoms with E-state index >= 15 is 0 Å². The van der Waals surface area contributed by atoms with Gasteiger partial charge in [0.25, 0.3) is 0 Å². The SMILES string of the molecule is CC(C)O.CNC.Cc1cccc(C(=N)CS/C(=C(\N)C=O)c2cccnc2)c1N. The summed E-state index contributed by atoms with van der Waals surface area (Å²) < 4.78 is 0. The maximum atomic E-state index is 11.0. The van der Waals surface area contributed by atoms with Crippen LogP contribution in [0.5, 0.6) is 0 Å². The van der Waals surface area contributed by atoms with Gasteiger partial charge in [0.1, 0.15) is 0 Å². The van der Waals surface area contributed by atoms with Gasteiger partial charge in [0.2, 0.25) is 0 Å². The number of nitrogens with zero attached hydrogens (tertiary/aromatic N) is 1. The van der Waals surface area contributed by atoms with Crippen molar-refractivity contribution < 1.29 is 9.90 Å². The zero-order chi connectivity index (χ0) is 23.1. The van der Waals surface area contributed by atoms with Gasteiger partial charge < -0.3 is 27.3 Å². The Kier molecular flexibility index (Phi) is 13.8. The number of nitrogen functional groups attached to an aromatic ring is 1. The zero-order valence-corrected chi connectivity index (χ0v) is 19.1. The number of nitrogens with two attached hydrogens (primary N) is 2. The minimum Gasteiger partial charge on any atom is -0.398 e. The Balaban J connectivity index is 0.00000105. The first-order chi connectivity index (χ1) is 14.2. The Morgan fingerprint density at radius 2 is 1.90 bits per heavy atom. The van der Waals surface area contributed by atoms with Gasteiger partial charge in [-0.25, -0.2) is 0 Å². The number of rotatable bonds is 6. The molecule has 0 amide bonds. The summed E-state index contributed by atoms with van der Waals surface area (Å²) in [5, 5.41) is 19.1. The molecule has 1 aromatic heterocycles. The third kappa shape index (κ3) is 10.2. The molecule has 0 aliphatic rings. The number of allylic oxidation sites excluding steroid dienone is 1. The zero-order valence-electron chi connectivity index (χ0n) is 18.3. The number of pyridine rings is 1. The predicted octanol–water partition coefficient (Wildman–Crippen LogP) is 2.82. The topological polar surface area (TPSA) is 138 Å². The molecular formula is C22H33N5O2S. The Bertz CT molecular complexity index is 821. The number of carbonyl (C=O) groups is 1. The summed E-state index contributed by atoms with van der Waals surface area (Å²) >= 11 is 1.33. The first kappa shape index (κ1) is 27.3. The highest BCUT2D eigenvalue weighted by atomic mass is 32.2. The molecule has 0 spiro atoms. The van der Waals surface area contributed by atoms with Crippen LogP contribution in [0.2, 0.25) is 0 Å². The third-order valence-electron chi connectivity index (χ3n) is 3.32. The van der Waals surface area contributed by atoms with E-state index in [1.165, 1.54) is 11.8 Å². The van der Waals surface area contributed by atoms with Crippen molar-refractivity contribution in [3.05, 3.63) is 65.1 Å². The lowest BCUT2D eigenvalue weighted by molar-refractivity contribution is -0.104. The molecule has 7 nitrogen and oxygen atoms in total. The second kappa shape index (κ2) is 15.2. The normalized spacial score (nSPS) is 10.8. The number of hydrogen-bond donors (Lipinski definition) is 5. The molecule has 8 heteroatoms. The second-order valence-electron chi connectivity index (χ2n) is 6.54. The van der Waals surface area contributed by atoms with E-state index in [-0.39, 0.29) is 11.8 Å². The first-order valence-electron chi connectivity index (χ1n) is 9.37. The maximum Gasteiger partial charge on any atom is 0.166 e. The standard InChI is InChI=1S/C17H18N4OS.C3H8O.C2H7N/c1-11-4-2-6-13(16(11)20)15(19)10-23-17(14(18)9-22)12-5-3-7-21-8-12;1-3(2)4;1-3-2/h2-9,19H,10,18,20H2,1H3;3-4H,1-2H3;3H,1-2H3/b17-14-,19-15?;;. The Morgan fingerprint density at radius 3 is 2.40 bits per heavy atom. The fraction of sp³-hybridized carbons (Fsp3) is 0.318. The number of para-hydroxylation sites is 1. The first-order valence-corrected chi connectivity index (χ1v) is 10.4. The summed E-state index contributed by atoms with van der Waals surface area (Å²) in [4.78, 5) is 15.7. The van der Waals surface area contributed by atoms with Gasteiger partial charge in [0, 0.05) is 46.0 Å². The molecule has 1 aromatic carbocycles. The van der Waals surface area contributed by atoms with E-state index in [9.17, 15) is 4.79 Å². The minimum atomic E-state index is -0.167. The number of anilines is 1. The van der Waals surface area contributed by atoms with Crippen LogP contribution in [0.1, 0.15) is 30.5 Å². The van der Waals surface area contributed by atoms with Crippen LogP contribution < -0.4 is 16.8 Å². The van der Waals surface area contributed by atoms with Gasteiger partial charge in [-0.2, -0.15) is 0 Å². The molecule has 0 radical (unpaired) electrons. The number of aryl methyl sites for hydroxylation is 1. The van der Waals surface area contributed by atoms with Gasteiger partial charge >= 0.3 is 0 Å². The molecule has 0 bridgehead atoms. The Labute approximate surface area is 183 Å². The van der Waals surface area contributed by atoms with Crippen molar-refractivity contribution in [1.29, 1.82) is 5.41 Å². The maximum absolute atomic E-state index is 11.0. The molecule has 7 N–H and O–H groups in total. The molecule has 2 aromatic rings. The molecule has 164 valence electrons. The van der Waals surface area contributed by atoms with Crippen molar-refractivity contribution in [1.82, 2.24) is 10.3 Å². The van der Waals surface area contributed by atoms with E-state index in [1.54, 1.807) is 32.3 Å². The fourth-order valence-corrected chi connectivity index (χ4v) is 3.00. The third-order valence-corrected chi connectivity index (χ3v) is 4.52. The van der Waals surface area contributed by atoms with Gasteiger partial charge in [-0.15, -0.1) is 11.8 Å². The molecule has 0 saturated heterocycles. The van der Waals surface area contributed by atoms with Crippen LogP contribution in [-0.2, 0) is 4.79 Å². The second-order valence-corrected chi connectivity index (χ2v) is 7.53. The number of nitrogens with one attached hydrogen (secondary N) is 2. The Hall–Kier alpha value is -2.68. The van der Waals surface area contributed by atoms with E-state index in [2.05, 4.69) is 10.3 Å². The van der Waals surface area contributed by atoms with Crippen LogP contribution in [-0.4, -0.2) is 48.0 Å². The van der Waals surface area contributed by atoms with Gasteiger partial charge in [-0.3, -0.25) is 9.78 Å². The summed E-state index contributed by atoms with van der Waals surface area (Å²) in [6, 6.07) is 9.21. The molecule has 0 aliphatic carbocycles. The van der Waals surface area contributed by atoms with Crippen LogP contribution in [0.3, 0.4) is 0 Å². The van der Waals surface area contributed by atoms with Gasteiger partial charge in [0.15, 0.2) is 6.29 Å². The molecule has 0 fully saturated rings. The number of thioether (sulfide) groups is 1. The van der Waals surface area contributed by atoms with Crippen molar-refractivity contribution in [3.8, 4) is 0 Å². The quantitative estimate of drug-likeness (QED) is 0.205. The molecule has 0 saturated carbocycles. The molecule has 1 heterocycles. The number of hydrogen-bond acceptors (Lipinski definition) is 8. The smallest absolute Gasteiger partial charge is 0.166 e. The summed E-state index contributed by atoms with van der Waals surface area (Å²) in [5.41, 5.74) is 15.3. The van der Waals surface area contributed by atoms with Crippen molar-refractivity contribution in [3.63, 3.8) is 0 Å². The van der Waals surface area contributed by atoms with Crippen LogP contribution in [0.15, 0.2) is 48.4 Å². The van der Waals surface area contributed by atoms with Crippen LogP contribution in [0.4, 0.5) is 5.69 Å². The molecule has 0 atom stereocenters. The lowest BCUT2D eigenvalue weighted by Crippen LogP contribution is -2.09. The highest BCUT2D eigenvalue weighted by Gasteiger charge is 2.12. The highest BCUT2D eigenvalue weighted by molar-refractivity contribution is 8.09. The number of aliphatic hydroxyl groups is 1. The minimum absolute atomic E-state index is 0.132. The molecular weight excluding hydrogens is 398 g/mol. The Morgan fingerprint density at radius 1 is 1.30 bits per heavy atom. The lowest BCUT2D eigenvalue weighted by Gasteiger charge is -2.12. The van der Waals surface area contributed by atoms with E-state index in [0.29, 0.717) is 33.9 Å². The lowest BCUT2D eigenvalue weighted by atomic mass is 10.1. The van der Waals surface area contributed by atoms with Gasteiger partial charge in [-0.1, -0.05) is 24.3 Å². The van der Waals surface area contributed by atoms with Crippen molar-refractivity contribution in [2.45, 2.75) is 26.9 Å². The summed E-state index contributed by atoms with van der Waals surface area (Å²) in [7, 11) is 3.75. The number of aliphatic hydroxyl groups excluding tert-OH is 1. The summed E-state index contributed by atoms with van der Waals surface area (Å²) in [6.07, 6.45) is 3.74. The number of carbonyl (C=O) groups excluding carboxylic acids is 1. The number of aldehydes is 1. The predicted molar refractivity (Wildman–Crippen MR) is 129 cm³/mol. The molecule has 0 aliphatic heterocycles. The fourth-order valence-electron chi connectivity index (χ4n) is 2.05. The van der Waals surface area contributed by atoms with Crippen molar-refractivity contribution >= 4 is 34.4 Å². The number of aromatic nitrogens is 1. The van der Waals surface area contributed by atoms with E-state index < -0.39 is 0 Å². The molecule has 2 rings (SSSR count). The highest BCUT2D eigenvalue weighted by Crippen LogP contribution is 2.29. The van der Waals surface area contributed by atoms with E-state index in [1.807, 2.05) is 45.3 Å². The van der Waals surface area contributed by atoms with Gasteiger partial charge in [-0.05, 0) is 46.5 Å². The monoisotopic (exact) mass is 431 g/mol. The van der Waals surface area contributed by atoms with Crippen LogP contribution in [0.25, 0.3) is 4.91 Å². The summed E-state index contributed by atoms with van der Waals surface area (Å²) in [5.74, 6) is 0.354. The van der Waals surface area contributed by atoms with Crippen LogP contribution in [0, 0.1) is 12.3 Å². The van der Waals surface area contributed by atoms with E-state index in [0.717, 1.165) is 11.1 Å². The summed E-state index contributed by atoms with van der Waals surface area (Å²) in [6.45, 7) is 5.35. The van der Waals surface area contributed by atoms with E-state index in [4.69, 9.17) is 22.0 Å². The number of benzene rings is 1. The van der Waals surface area contributed by atoms with Crippen molar-refractivity contribution in [2.75, 3.05) is 25.6 Å². The largest absolute Gasteiger partial charge is 0.398 e. The molecule has 30 heavy (non-hydrogen) atoms. The average molecular weight is 432 g/mol. The van der Waals surface area contributed by atoms with Gasteiger partial charge in [0.05, 0.1) is 11.4 Å². The van der Waals surface area contributed by atoms with Crippen molar-refractivity contribution in [2.24, 2.45) is 5.73 Å². The molecule has 0 unspecified atom stereocenters. The average Bonchev–Trinajstić information content (AvgIpc) is 2.70. The van der Waals surface area contributed by atoms with Crippen LogP contribution >= 0.6 is 11.8 Å².